The molecule has 2 rings (SSSR count). The van der Waals surface area contributed by atoms with Gasteiger partial charge in [0.05, 0.1) is 23.2 Å². The van der Waals surface area contributed by atoms with Crippen molar-refractivity contribution < 1.29 is 14.7 Å². The van der Waals surface area contributed by atoms with Gasteiger partial charge in [0.1, 0.15) is 4.88 Å². The van der Waals surface area contributed by atoms with Gasteiger partial charge in [0.15, 0.2) is 0 Å². The zero-order valence-corrected chi connectivity index (χ0v) is 15.0. The molecule has 0 bridgehead atoms. The van der Waals surface area contributed by atoms with Gasteiger partial charge in [0.25, 0.3) is 5.91 Å². The lowest BCUT2D eigenvalue weighted by Gasteiger charge is -2.34. The Balaban J connectivity index is 2.26. The number of carbonyl (C=O) groups excluding carboxylic acids is 1. The van der Waals surface area contributed by atoms with E-state index in [0.717, 1.165) is 16.5 Å². The number of amides is 1. The number of carboxylic acids is 1. The normalized spacial score (nSPS) is 19.3. The molecule has 1 fully saturated rings. The topological polar surface area (TPSA) is 70.5 Å². The van der Waals surface area contributed by atoms with E-state index in [1.165, 1.54) is 11.3 Å². The Bertz CT molecular complexity index is 578. The highest BCUT2D eigenvalue weighted by Crippen LogP contribution is 2.31. The lowest BCUT2D eigenvalue weighted by molar-refractivity contribution is -0.138. The molecule has 2 heterocycles. The monoisotopic (exact) mass is 342 g/mol. The fourth-order valence-corrected chi connectivity index (χ4v) is 4.48. The number of nitrogens with zero attached hydrogens (tertiary/aromatic N) is 2. The number of aryl methyl sites for hydroxylation is 1. The molecule has 7 heteroatoms. The smallest absolute Gasteiger partial charge is 0.305 e. The van der Waals surface area contributed by atoms with Crippen molar-refractivity contribution in [1.29, 1.82) is 0 Å². The molecule has 1 aliphatic rings. The molecular weight excluding hydrogens is 320 g/mol. The Hall–Kier alpha value is -1.08. The SMILES string of the molecule is Cc1nc(C(C)(C)C)sc1C(=O)N1CCSCC1CC(=O)O. The number of hydrogen-bond acceptors (Lipinski definition) is 5. The zero-order valence-electron chi connectivity index (χ0n) is 13.4. The lowest BCUT2D eigenvalue weighted by atomic mass is 9.98. The van der Waals surface area contributed by atoms with Gasteiger partial charge in [-0.05, 0) is 6.92 Å². The van der Waals surface area contributed by atoms with Crippen LogP contribution >= 0.6 is 23.1 Å². The Labute approximate surface area is 139 Å². The third-order valence-corrected chi connectivity index (χ3v) is 6.19. The van der Waals surface area contributed by atoms with Crippen molar-refractivity contribution in [1.82, 2.24) is 9.88 Å². The van der Waals surface area contributed by atoms with Gasteiger partial charge in [-0.2, -0.15) is 11.8 Å². The molecule has 1 aromatic heterocycles. The van der Waals surface area contributed by atoms with Crippen LogP contribution in [0.3, 0.4) is 0 Å². The van der Waals surface area contributed by atoms with Crippen LogP contribution in [-0.2, 0) is 10.2 Å². The fourth-order valence-electron chi connectivity index (χ4n) is 2.34. The summed E-state index contributed by atoms with van der Waals surface area (Å²) in [7, 11) is 0. The number of thiazole rings is 1. The first-order valence-corrected chi connectivity index (χ1v) is 9.25. The second kappa shape index (κ2) is 6.58. The molecule has 22 heavy (non-hydrogen) atoms. The summed E-state index contributed by atoms with van der Waals surface area (Å²) >= 11 is 3.14. The average Bonchev–Trinajstić information content (AvgIpc) is 2.80. The Kier molecular flexibility index (Phi) is 5.17. The van der Waals surface area contributed by atoms with Crippen LogP contribution < -0.4 is 0 Å². The van der Waals surface area contributed by atoms with Crippen LogP contribution in [0.25, 0.3) is 0 Å². The van der Waals surface area contributed by atoms with Crippen LogP contribution in [-0.4, -0.2) is 51.0 Å². The summed E-state index contributed by atoms with van der Waals surface area (Å²) in [5.41, 5.74) is 0.652. The van der Waals surface area contributed by atoms with Gasteiger partial charge in [0.2, 0.25) is 0 Å². The van der Waals surface area contributed by atoms with E-state index in [4.69, 9.17) is 5.11 Å². The number of hydrogen-bond donors (Lipinski definition) is 1. The minimum Gasteiger partial charge on any atom is -0.481 e. The summed E-state index contributed by atoms with van der Waals surface area (Å²) in [6.07, 6.45) is 0.00270. The summed E-state index contributed by atoms with van der Waals surface area (Å²) < 4.78 is 0. The molecular formula is C15H22N2O3S2. The number of rotatable bonds is 3. The van der Waals surface area contributed by atoms with Crippen molar-refractivity contribution in [3.05, 3.63) is 15.6 Å². The first-order chi connectivity index (χ1) is 10.2. The van der Waals surface area contributed by atoms with E-state index in [1.54, 1.807) is 16.7 Å². The standard InChI is InChI=1S/C15H22N2O3S2/c1-9-12(22-14(16-9)15(2,3)4)13(20)17-5-6-21-8-10(17)7-11(18)19/h10H,5-8H2,1-4H3,(H,18,19). The number of carbonyl (C=O) groups is 2. The van der Waals surface area contributed by atoms with Crippen molar-refractivity contribution in [3.8, 4) is 0 Å². The predicted molar refractivity (Wildman–Crippen MR) is 90.0 cm³/mol. The maximum Gasteiger partial charge on any atom is 0.305 e. The quantitative estimate of drug-likeness (QED) is 0.914. The van der Waals surface area contributed by atoms with Crippen LogP contribution in [0, 0.1) is 6.92 Å². The Morgan fingerprint density at radius 3 is 2.64 bits per heavy atom. The van der Waals surface area contributed by atoms with Gasteiger partial charge >= 0.3 is 5.97 Å². The van der Waals surface area contributed by atoms with Crippen molar-refractivity contribution >= 4 is 35.0 Å². The minimum atomic E-state index is -0.860. The molecule has 1 atom stereocenters. The van der Waals surface area contributed by atoms with Crippen LogP contribution in [0.15, 0.2) is 0 Å². The van der Waals surface area contributed by atoms with Gasteiger partial charge in [-0.25, -0.2) is 4.98 Å². The summed E-state index contributed by atoms with van der Waals surface area (Å²) in [6, 6.07) is -0.233. The highest BCUT2D eigenvalue weighted by Gasteiger charge is 2.32. The maximum absolute atomic E-state index is 12.8. The van der Waals surface area contributed by atoms with E-state index in [9.17, 15) is 9.59 Å². The van der Waals surface area contributed by atoms with Gasteiger partial charge in [-0.3, -0.25) is 9.59 Å². The number of thioether (sulfide) groups is 1. The molecule has 0 radical (unpaired) electrons. The van der Waals surface area contributed by atoms with Gasteiger partial charge < -0.3 is 10.0 Å². The van der Waals surface area contributed by atoms with Gasteiger partial charge in [0, 0.05) is 23.5 Å². The van der Waals surface area contributed by atoms with Crippen molar-refractivity contribution in [2.75, 3.05) is 18.1 Å². The molecule has 122 valence electrons. The van der Waals surface area contributed by atoms with Crippen LogP contribution in [0.5, 0.6) is 0 Å². The number of carboxylic acid groups (broad SMARTS) is 1. The second-order valence-electron chi connectivity index (χ2n) is 6.51. The Morgan fingerprint density at radius 2 is 2.09 bits per heavy atom. The molecule has 0 spiro atoms. The molecule has 0 aromatic carbocycles. The molecule has 0 aliphatic carbocycles. The molecule has 1 unspecified atom stereocenters. The number of aromatic nitrogens is 1. The molecule has 1 aromatic rings. The Morgan fingerprint density at radius 1 is 1.41 bits per heavy atom. The van der Waals surface area contributed by atoms with E-state index in [1.807, 2.05) is 6.92 Å². The first kappa shape index (κ1) is 17.3. The van der Waals surface area contributed by atoms with Crippen molar-refractivity contribution in [2.45, 2.75) is 45.6 Å². The van der Waals surface area contributed by atoms with Gasteiger partial charge in [-0.1, -0.05) is 20.8 Å². The third-order valence-electron chi connectivity index (χ3n) is 3.53. The van der Waals surface area contributed by atoms with E-state index < -0.39 is 5.97 Å². The van der Waals surface area contributed by atoms with Crippen LogP contribution in [0.2, 0.25) is 0 Å². The number of aliphatic carboxylic acids is 1. The van der Waals surface area contributed by atoms with Crippen LogP contribution in [0.1, 0.15) is 47.6 Å². The molecule has 5 nitrogen and oxygen atoms in total. The van der Waals surface area contributed by atoms with E-state index in [-0.39, 0.29) is 23.8 Å². The van der Waals surface area contributed by atoms with Gasteiger partial charge in [-0.15, -0.1) is 11.3 Å². The summed E-state index contributed by atoms with van der Waals surface area (Å²) in [4.78, 5) is 30.8. The second-order valence-corrected chi connectivity index (χ2v) is 8.66. The highest BCUT2D eigenvalue weighted by atomic mass is 32.2. The molecule has 1 saturated heterocycles. The lowest BCUT2D eigenvalue weighted by Crippen LogP contribution is -2.47. The minimum absolute atomic E-state index is 0.00270. The largest absolute Gasteiger partial charge is 0.481 e. The zero-order chi connectivity index (χ0) is 16.5. The van der Waals surface area contributed by atoms with Crippen molar-refractivity contribution in [2.24, 2.45) is 0 Å². The predicted octanol–water partition coefficient (Wildman–Crippen LogP) is 2.78. The van der Waals surface area contributed by atoms with E-state index >= 15 is 0 Å². The third kappa shape index (κ3) is 3.81. The van der Waals surface area contributed by atoms with Crippen molar-refractivity contribution in [3.63, 3.8) is 0 Å². The summed E-state index contributed by atoms with van der Waals surface area (Å²) in [5.74, 6) is 0.604. The summed E-state index contributed by atoms with van der Waals surface area (Å²) in [5, 5.41) is 9.98. The highest BCUT2D eigenvalue weighted by molar-refractivity contribution is 7.99. The first-order valence-electron chi connectivity index (χ1n) is 7.28. The molecule has 1 amide bonds. The van der Waals surface area contributed by atoms with E-state index in [2.05, 4.69) is 25.8 Å². The molecule has 1 aliphatic heterocycles. The molecule has 0 saturated carbocycles. The van der Waals surface area contributed by atoms with E-state index in [0.29, 0.717) is 17.2 Å². The fraction of sp³-hybridized carbons (Fsp3) is 0.667. The molecule has 1 N–H and O–H groups in total. The average molecular weight is 342 g/mol. The summed E-state index contributed by atoms with van der Waals surface area (Å²) in [6.45, 7) is 8.67. The van der Waals surface area contributed by atoms with Crippen LogP contribution in [0.4, 0.5) is 0 Å². The maximum atomic E-state index is 12.8.